The van der Waals surface area contributed by atoms with Gasteiger partial charge in [0.25, 0.3) is 0 Å². The summed E-state index contributed by atoms with van der Waals surface area (Å²) in [6.07, 6.45) is 1.48. The van der Waals surface area contributed by atoms with Gasteiger partial charge in [-0.2, -0.15) is 4.31 Å². The number of carbonyl (C=O) groups is 2. The van der Waals surface area contributed by atoms with Crippen LogP contribution in [0.2, 0.25) is 0 Å². The lowest BCUT2D eigenvalue weighted by Gasteiger charge is -2.36. The first kappa shape index (κ1) is 26.6. The normalized spacial score (nSPS) is 15.6. The van der Waals surface area contributed by atoms with Crippen molar-refractivity contribution in [2.75, 3.05) is 11.9 Å². The van der Waals surface area contributed by atoms with Crippen molar-refractivity contribution in [3.63, 3.8) is 0 Å². The van der Waals surface area contributed by atoms with E-state index in [1.54, 1.807) is 25.1 Å². The van der Waals surface area contributed by atoms with Crippen molar-refractivity contribution in [1.82, 2.24) is 9.62 Å². The Bertz CT molecular complexity index is 1400. The molecule has 0 saturated carbocycles. The Labute approximate surface area is 218 Å². The van der Waals surface area contributed by atoms with E-state index >= 15 is 0 Å². The molecule has 3 aromatic rings. The molecule has 0 unspecified atom stereocenters. The first-order chi connectivity index (χ1) is 17.7. The van der Waals surface area contributed by atoms with Crippen molar-refractivity contribution < 1.29 is 18.0 Å². The summed E-state index contributed by atoms with van der Waals surface area (Å²) >= 11 is 0. The Morgan fingerprint density at radius 2 is 1.70 bits per heavy atom. The third-order valence-electron chi connectivity index (χ3n) is 6.70. The Hall–Kier alpha value is -3.49. The van der Waals surface area contributed by atoms with Crippen molar-refractivity contribution in [3.8, 4) is 0 Å². The first-order valence-electron chi connectivity index (χ1n) is 12.5. The highest BCUT2D eigenvalue weighted by molar-refractivity contribution is 7.89. The van der Waals surface area contributed by atoms with E-state index in [1.807, 2.05) is 48.5 Å². The molecule has 1 atom stereocenters. The molecule has 0 bridgehead atoms. The smallest absolute Gasteiger partial charge is 0.245 e. The van der Waals surface area contributed by atoms with Gasteiger partial charge in [-0.05, 0) is 59.7 Å². The zero-order chi connectivity index (χ0) is 26.6. The van der Waals surface area contributed by atoms with Crippen LogP contribution in [0.25, 0.3) is 0 Å². The van der Waals surface area contributed by atoms with Crippen LogP contribution in [0.15, 0.2) is 71.6 Å². The predicted molar refractivity (Wildman–Crippen MR) is 145 cm³/mol. The van der Waals surface area contributed by atoms with Crippen LogP contribution in [-0.2, 0) is 39.0 Å². The van der Waals surface area contributed by atoms with Gasteiger partial charge in [0.1, 0.15) is 4.90 Å². The van der Waals surface area contributed by atoms with Gasteiger partial charge in [0.2, 0.25) is 21.8 Å². The second kappa shape index (κ2) is 11.3. The van der Waals surface area contributed by atoms with Crippen molar-refractivity contribution in [1.29, 1.82) is 0 Å². The fraction of sp³-hybridized carbons (Fsp3) is 0.310. The molecule has 1 heterocycles. The van der Waals surface area contributed by atoms with Gasteiger partial charge in [-0.3, -0.25) is 9.59 Å². The lowest BCUT2D eigenvalue weighted by atomic mass is 9.92. The molecule has 2 N–H and O–H groups in total. The van der Waals surface area contributed by atoms with Crippen LogP contribution in [-0.4, -0.2) is 31.1 Å². The zero-order valence-electron chi connectivity index (χ0n) is 21.5. The summed E-state index contributed by atoms with van der Waals surface area (Å²) in [5, 5.41) is 5.60. The van der Waals surface area contributed by atoms with Gasteiger partial charge in [-0.25, -0.2) is 8.42 Å². The quantitative estimate of drug-likeness (QED) is 0.458. The van der Waals surface area contributed by atoms with E-state index in [1.165, 1.54) is 16.8 Å². The summed E-state index contributed by atoms with van der Waals surface area (Å²) in [7, 11) is -4.03. The molecular formula is C29H33N3O4S. The lowest BCUT2D eigenvalue weighted by molar-refractivity contribution is -0.122. The van der Waals surface area contributed by atoms with E-state index in [-0.39, 0.29) is 35.4 Å². The third-order valence-corrected chi connectivity index (χ3v) is 8.65. The van der Waals surface area contributed by atoms with Crippen LogP contribution in [0.3, 0.4) is 0 Å². The number of hydrogen-bond acceptors (Lipinski definition) is 4. The van der Waals surface area contributed by atoms with E-state index in [4.69, 9.17) is 0 Å². The summed E-state index contributed by atoms with van der Waals surface area (Å²) in [5.41, 5.74) is 5.06. The number of sulfonamides is 1. The maximum absolute atomic E-state index is 14.0. The van der Waals surface area contributed by atoms with Crippen molar-refractivity contribution in [3.05, 3.63) is 94.5 Å². The van der Waals surface area contributed by atoms with Crippen molar-refractivity contribution in [2.24, 2.45) is 0 Å². The molecule has 1 aliphatic heterocycles. The standard InChI is InChI=1S/C29H33N3O4S/c1-4-22-10-12-23(13-11-22)19-30-29(34)18-27-25-8-6-5-7-24(25)15-16-32(27)37(35,36)28-17-20(2)9-14-26(28)31-21(3)33/h5-14,17,27H,4,15-16,18-19H2,1-3H3,(H,30,34)(H,31,33)/t27-/m0/s1. The fourth-order valence-corrected chi connectivity index (χ4v) is 6.57. The highest BCUT2D eigenvalue weighted by Gasteiger charge is 2.38. The maximum atomic E-state index is 14.0. The first-order valence-corrected chi connectivity index (χ1v) is 14.0. The molecule has 1 aliphatic rings. The minimum absolute atomic E-state index is 0.00935. The topological polar surface area (TPSA) is 95.6 Å². The molecule has 194 valence electrons. The summed E-state index contributed by atoms with van der Waals surface area (Å²) in [4.78, 5) is 24.9. The molecule has 0 radical (unpaired) electrons. The van der Waals surface area contributed by atoms with E-state index in [9.17, 15) is 18.0 Å². The van der Waals surface area contributed by atoms with Crippen molar-refractivity contribution >= 4 is 27.5 Å². The Kier molecular flexibility index (Phi) is 8.10. The number of fused-ring (bicyclic) bond motifs is 1. The average Bonchev–Trinajstić information content (AvgIpc) is 2.88. The van der Waals surface area contributed by atoms with Crippen LogP contribution < -0.4 is 10.6 Å². The Morgan fingerprint density at radius 1 is 1.00 bits per heavy atom. The van der Waals surface area contributed by atoms with Crippen LogP contribution in [0.4, 0.5) is 5.69 Å². The number of anilines is 1. The minimum atomic E-state index is -4.03. The molecular weight excluding hydrogens is 486 g/mol. The van der Waals surface area contributed by atoms with E-state index < -0.39 is 16.1 Å². The SMILES string of the molecule is CCc1ccc(CNC(=O)C[C@H]2c3ccccc3CCN2S(=O)(=O)c2cc(C)ccc2NC(C)=O)cc1. The summed E-state index contributed by atoms with van der Waals surface area (Å²) in [6, 6.07) is 20.0. The predicted octanol–water partition coefficient (Wildman–Crippen LogP) is 4.51. The summed E-state index contributed by atoms with van der Waals surface area (Å²) in [5.74, 6) is -0.583. The molecule has 3 aromatic carbocycles. The molecule has 0 aliphatic carbocycles. The van der Waals surface area contributed by atoms with Gasteiger partial charge in [0, 0.05) is 26.4 Å². The highest BCUT2D eigenvalue weighted by atomic mass is 32.2. The number of amides is 2. The van der Waals surface area contributed by atoms with Gasteiger partial charge >= 0.3 is 0 Å². The van der Waals surface area contributed by atoms with Gasteiger partial charge in [0.15, 0.2) is 0 Å². The van der Waals surface area contributed by atoms with Gasteiger partial charge in [-0.15, -0.1) is 0 Å². The van der Waals surface area contributed by atoms with Crippen LogP contribution in [0.5, 0.6) is 0 Å². The summed E-state index contributed by atoms with van der Waals surface area (Å²) < 4.78 is 29.5. The minimum Gasteiger partial charge on any atom is -0.352 e. The largest absolute Gasteiger partial charge is 0.352 e. The van der Waals surface area contributed by atoms with Crippen LogP contribution in [0.1, 0.15) is 54.1 Å². The molecule has 8 heteroatoms. The molecule has 4 rings (SSSR count). The third kappa shape index (κ3) is 6.09. The molecule has 0 fully saturated rings. The average molecular weight is 520 g/mol. The number of benzene rings is 3. The molecule has 37 heavy (non-hydrogen) atoms. The number of rotatable bonds is 8. The zero-order valence-corrected chi connectivity index (χ0v) is 22.3. The molecule has 7 nitrogen and oxygen atoms in total. The Balaban J connectivity index is 1.63. The van der Waals surface area contributed by atoms with Crippen LogP contribution in [0, 0.1) is 6.92 Å². The fourth-order valence-electron chi connectivity index (χ4n) is 4.73. The second-order valence-electron chi connectivity index (χ2n) is 9.41. The van der Waals surface area contributed by atoms with E-state index in [0.29, 0.717) is 13.0 Å². The van der Waals surface area contributed by atoms with Crippen LogP contribution >= 0.6 is 0 Å². The highest BCUT2D eigenvalue weighted by Crippen LogP contribution is 2.38. The number of nitrogens with zero attached hydrogens (tertiary/aromatic N) is 1. The second-order valence-corrected chi connectivity index (χ2v) is 11.3. The van der Waals surface area contributed by atoms with Crippen molar-refractivity contribution in [2.45, 2.75) is 57.5 Å². The lowest BCUT2D eigenvalue weighted by Crippen LogP contribution is -2.42. The van der Waals surface area contributed by atoms with Gasteiger partial charge in [-0.1, -0.05) is 61.5 Å². The molecule has 0 aromatic heterocycles. The van der Waals surface area contributed by atoms with Gasteiger partial charge in [0.05, 0.1) is 11.7 Å². The number of carbonyl (C=O) groups excluding carboxylic acids is 2. The molecule has 0 spiro atoms. The van der Waals surface area contributed by atoms with Gasteiger partial charge < -0.3 is 10.6 Å². The molecule has 0 saturated heterocycles. The number of nitrogens with one attached hydrogen (secondary N) is 2. The van der Waals surface area contributed by atoms with E-state index in [0.717, 1.165) is 28.7 Å². The van der Waals surface area contributed by atoms with E-state index in [2.05, 4.69) is 17.6 Å². The number of aryl methyl sites for hydroxylation is 2. The monoisotopic (exact) mass is 519 g/mol. The number of hydrogen-bond donors (Lipinski definition) is 2. The molecule has 2 amide bonds. The Morgan fingerprint density at radius 3 is 2.41 bits per heavy atom. The summed E-state index contributed by atoms with van der Waals surface area (Å²) in [6.45, 7) is 5.85. The maximum Gasteiger partial charge on any atom is 0.245 e.